The maximum atomic E-state index is 13.1. The Kier molecular flexibility index (Phi) is 4.32. The molecule has 0 saturated carbocycles. The Bertz CT molecular complexity index is 513. The molecule has 4 nitrogen and oxygen atoms in total. The number of halogens is 2. The van der Waals surface area contributed by atoms with Gasteiger partial charge in [0.2, 0.25) is 0 Å². The molecule has 1 aliphatic rings. The van der Waals surface area contributed by atoms with Gasteiger partial charge in [0.25, 0.3) is 5.91 Å². The molecule has 0 aromatic heterocycles. The van der Waals surface area contributed by atoms with Gasteiger partial charge in [0.05, 0.1) is 13.0 Å². The van der Waals surface area contributed by atoms with Crippen molar-refractivity contribution in [1.82, 2.24) is 4.90 Å². The molecule has 1 saturated heterocycles. The minimum absolute atomic E-state index is 0.0481. The van der Waals surface area contributed by atoms with Crippen LogP contribution in [0.3, 0.4) is 0 Å². The smallest absolute Gasteiger partial charge is 0.310 e. The summed E-state index contributed by atoms with van der Waals surface area (Å²) in [6.07, 6.45) is 1.30. The number of benzene rings is 1. The average Bonchev–Trinajstić information content (AvgIpc) is 2.44. The summed E-state index contributed by atoms with van der Waals surface area (Å²) in [5.74, 6) is -2.81. The molecule has 0 spiro atoms. The zero-order chi connectivity index (χ0) is 14.7. The van der Waals surface area contributed by atoms with Gasteiger partial charge in [-0.15, -0.1) is 0 Å². The van der Waals surface area contributed by atoms with E-state index in [0.29, 0.717) is 25.5 Å². The fourth-order valence-corrected chi connectivity index (χ4v) is 2.38. The van der Waals surface area contributed by atoms with Crippen LogP contribution in [0.4, 0.5) is 8.78 Å². The van der Waals surface area contributed by atoms with E-state index in [9.17, 15) is 18.4 Å². The highest BCUT2D eigenvalue weighted by atomic mass is 19.1. The predicted octanol–water partition coefficient (Wildman–Crippen LogP) is 1.99. The maximum Gasteiger partial charge on any atom is 0.310 e. The van der Waals surface area contributed by atoms with Crippen LogP contribution in [0.1, 0.15) is 23.2 Å². The summed E-state index contributed by atoms with van der Waals surface area (Å²) in [6.45, 7) is 0.675. The summed E-state index contributed by atoms with van der Waals surface area (Å²) in [5, 5.41) is 0. The lowest BCUT2D eigenvalue weighted by atomic mass is 9.97. The van der Waals surface area contributed by atoms with Crippen LogP contribution < -0.4 is 0 Å². The van der Waals surface area contributed by atoms with Crippen LogP contribution in [0.5, 0.6) is 0 Å². The number of esters is 1. The van der Waals surface area contributed by atoms with E-state index in [0.717, 1.165) is 12.1 Å². The normalized spacial score (nSPS) is 18.8. The number of carbonyl (C=O) groups is 2. The lowest BCUT2D eigenvalue weighted by Crippen LogP contribution is -2.42. The molecule has 1 heterocycles. The van der Waals surface area contributed by atoms with Crippen molar-refractivity contribution >= 4 is 11.9 Å². The Morgan fingerprint density at radius 1 is 1.25 bits per heavy atom. The van der Waals surface area contributed by atoms with Gasteiger partial charge in [-0.05, 0) is 25.0 Å². The molecule has 1 aromatic carbocycles. The van der Waals surface area contributed by atoms with Crippen LogP contribution in [0.25, 0.3) is 0 Å². The average molecular weight is 283 g/mol. The second-order valence-corrected chi connectivity index (χ2v) is 4.77. The van der Waals surface area contributed by atoms with Crippen molar-refractivity contribution in [1.29, 1.82) is 0 Å². The lowest BCUT2D eigenvalue weighted by molar-refractivity contribution is -0.146. The number of piperidine rings is 1. The summed E-state index contributed by atoms with van der Waals surface area (Å²) >= 11 is 0. The molecule has 1 aliphatic heterocycles. The monoisotopic (exact) mass is 283 g/mol. The van der Waals surface area contributed by atoms with E-state index in [4.69, 9.17) is 0 Å². The van der Waals surface area contributed by atoms with Crippen LogP contribution in [0.15, 0.2) is 18.2 Å². The molecule has 1 aromatic rings. The van der Waals surface area contributed by atoms with Crippen LogP contribution in [0.2, 0.25) is 0 Å². The fraction of sp³-hybridized carbons (Fsp3) is 0.429. The largest absolute Gasteiger partial charge is 0.469 e. The first-order valence-electron chi connectivity index (χ1n) is 6.34. The number of hydrogen-bond donors (Lipinski definition) is 0. The third-order valence-electron chi connectivity index (χ3n) is 3.35. The third-order valence-corrected chi connectivity index (χ3v) is 3.35. The van der Waals surface area contributed by atoms with Crippen molar-refractivity contribution in [3.63, 3.8) is 0 Å². The summed E-state index contributed by atoms with van der Waals surface area (Å²) in [4.78, 5) is 25.1. The number of rotatable bonds is 2. The molecule has 1 atom stereocenters. The molecule has 0 aliphatic carbocycles. The molecule has 0 unspecified atom stereocenters. The van der Waals surface area contributed by atoms with Crippen LogP contribution in [-0.2, 0) is 9.53 Å². The topological polar surface area (TPSA) is 46.6 Å². The summed E-state index contributed by atoms with van der Waals surface area (Å²) < 4.78 is 30.9. The zero-order valence-corrected chi connectivity index (χ0v) is 11.1. The van der Waals surface area contributed by atoms with Gasteiger partial charge >= 0.3 is 5.97 Å². The molecule has 1 amide bonds. The van der Waals surface area contributed by atoms with Gasteiger partial charge in [0.15, 0.2) is 0 Å². The van der Waals surface area contributed by atoms with Gasteiger partial charge in [0.1, 0.15) is 11.6 Å². The molecular weight excluding hydrogens is 268 g/mol. The Morgan fingerprint density at radius 3 is 2.50 bits per heavy atom. The number of likely N-dealkylation sites (tertiary alicyclic amines) is 1. The summed E-state index contributed by atoms with van der Waals surface area (Å²) in [7, 11) is 1.30. The van der Waals surface area contributed by atoms with Crippen molar-refractivity contribution < 1.29 is 23.1 Å². The van der Waals surface area contributed by atoms with E-state index >= 15 is 0 Å². The molecule has 1 fully saturated rings. The minimum Gasteiger partial charge on any atom is -0.469 e. The first-order chi connectivity index (χ1) is 9.51. The molecule has 20 heavy (non-hydrogen) atoms. The predicted molar refractivity (Wildman–Crippen MR) is 67.0 cm³/mol. The molecule has 2 rings (SSSR count). The SMILES string of the molecule is COC(=O)[C@H]1CCCN(C(=O)c2cc(F)cc(F)c2)C1. The Labute approximate surface area is 115 Å². The first-order valence-corrected chi connectivity index (χ1v) is 6.34. The van der Waals surface area contributed by atoms with Crippen LogP contribution in [0, 0.1) is 17.6 Å². The van der Waals surface area contributed by atoms with E-state index in [1.807, 2.05) is 0 Å². The second-order valence-electron chi connectivity index (χ2n) is 4.77. The van der Waals surface area contributed by atoms with E-state index in [1.165, 1.54) is 12.0 Å². The molecule has 0 bridgehead atoms. The number of nitrogens with zero attached hydrogens (tertiary/aromatic N) is 1. The Balaban J connectivity index is 2.14. The molecule has 108 valence electrons. The number of ether oxygens (including phenoxy) is 1. The van der Waals surface area contributed by atoms with Gasteiger partial charge in [-0.3, -0.25) is 9.59 Å². The van der Waals surface area contributed by atoms with Crippen LogP contribution >= 0.6 is 0 Å². The highest BCUT2D eigenvalue weighted by Gasteiger charge is 2.29. The van der Waals surface area contributed by atoms with Crippen LogP contribution in [-0.4, -0.2) is 37.0 Å². The number of carbonyl (C=O) groups excluding carboxylic acids is 2. The van der Waals surface area contributed by atoms with E-state index < -0.39 is 17.5 Å². The molecule has 6 heteroatoms. The highest BCUT2D eigenvalue weighted by Crippen LogP contribution is 2.20. The van der Waals surface area contributed by atoms with Gasteiger partial charge in [-0.2, -0.15) is 0 Å². The maximum absolute atomic E-state index is 13.1. The van der Waals surface area contributed by atoms with Crippen molar-refractivity contribution in [3.05, 3.63) is 35.4 Å². The van der Waals surface area contributed by atoms with E-state index in [-0.39, 0.29) is 24.0 Å². The zero-order valence-electron chi connectivity index (χ0n) is 11.1. The van der Waals surface area contributed by atoms with Gasteiger partial charge in [-0.25, -0.2) is 8.78 Å². The standard InChI is InChI=1S/C14H15F2NO3/c1-20-14(19)9-3-2-4-17(8-9)13(18)10-5-11(15)7-12(16)6-10/h5-7,9H,2-4,8H2,1H3/t9-/m0/s1. The molecule has 0 radical (unpaired) electrons. The highest BCUT2D eigenvalue weighted by molar-refractivity contribution is 5.94. The van der Waals surface area contributed by atoms with Crippen molar-refractivity contribution in [2.24, 2.45) is 5.92 Å². The van der Waals surface area contributed by atoms with Crippen molar-refractivity contribution in [2.75, 3.05) is 20.2 Å². The minimum atomic E-state index is -0.796. The van der Waals surface area contributed by atoms with Gasteiger partial charge < -0.3 is 9.64 Å². The van der Waals surface area contributed by atoms with Gasteiger partial charge in [0, 0.05) is 24.7 Å². The number of amides is 1. The fourth-order valence-electron chi connectivity index (χ4n) is 2.38. The quantitative estimate of drug-likeness (QED) is 0.780. The third kappa shape index (κ3) is 3.12. The van der Waals surface area contributed by atoms with Crippen molar-refractivity contribution in [2.45, 2.75) is 12.8 Å². The van der Waals surface area contributed by atoms with E-state index in [1.54, 1.807) is 0 Å². The van der Waals surface area contributed by atoms with Crippen molar-refractivity contribution in [3.8, 4) is 0 Å². The lowest BCUT2D eigenvalue weighted by Gasteiger charge is -2.31. The molecule has 0 N–H and O–H groups in total. The number of hydrogen-bond acceptors (Lipinski definition) is 3. The number of methoxy groups -OCH3 is 1. The van der Waals surface area contributed by atoms with Gasteiger partial charge in [-0.1, -0.05) is 0 Å². The summed E-state index contributed by atoms with van der Waals surface area (Å²) in [6, 6.07) is 2.70. The second kappa shape index (κ2) is 5.98. The Morgan fingerprint density at radius 2 is 1.90 bits per heavy atom. The Hall–Kier alpha value is -1.98. The molecular formula is C14H15F2NO3. The van der Waals surface area contributed by atoms with E-state index in [2.05, 4.69) is 4.74 Å². The summed E-state index contributed by atoms with van der Waals surface area (Å²) in [5.41, 5.74) is -0.0481. The first kappa shape index (κ1) is 14.4.